The topological polar surface area (TPSA) is 60.2 Å². The molecule has 1 aliphatic heterocycles. The molecule has 1 atom stereocenters. The van der Waals surface area contributed by atoms with E-state index in [2.05, 4.69) is 15.5 Å². The zero-order valence-electron chi connectivity index (χ0n) is 10.7. The second-order valence-electron chi connectivity index (χ2n) is 4.65. The Balaban J connectivity index is 1.50. The molecule has 2 heterocycles. The van der Waals surface area contributed by atoms with Gasteiger partial charge in [0, 0.05) is 31.2 Å². The maximum Gasteiger partial charge on any atom is 0.228 e. The molecule has 19 heavy (non-hydrogen) atoms. The van der Waals surface area contributed by atoms with E-state index in [-0.39, 0.29) is 0 Å². The molecule has 0 bridgehead atoms. The van der Waals surface area contributed by atoms with E-state index in [0.29, 0.717) is 18.4 Å². The van der Waals surface area contributed by atoms with Crippen LogP contribution in [0.1, 0.15) is 24.1 Å². The minimum Gasteiger partial charge on any atom is -0.385 e. The Morgan fingerprint density at radius 3 is 2.95 bits per heavy atom. The van der Waals surface area contributed by atoms with E-state index in [9.17, 15) is 0 Å². The Morgan fingerprint density at radius 2 is 2.16 bits per heavy atom. The van der Waals surface area contributed by atoms with Crippen molar-refractivity contribution in [3.8, 4) is 0 Å². The third-order valence-corrected chi connectivity index (χ3v) is 3.22. The Morgan fingerprint density at radius 1 is 1.26 bits per heavy atom. The molecule has 2 aromatic rings. The van der Waals surface area contributed by atoms with Gasteiger partial charge in [0.25, 0.3) is 0 Å². The summed E-state index contributed by atoms with van der Waals surface area (Å²) in [5.41, 5.74) is 1.10. The van der Waals surface area contributed by atoms with Crippen LogP contribution < -0.4 is 5.32 Å². The van der Waals surface area contributed by atoms with Crippen molar-refractivity contribution < 1.29 is 9.26 Å². The minimum atomic E-state index is 0.305. The largest absolute Gasteiger partial charge is 0.385 e. The van der Waals surface area contributed by atoms with E-state index in [0.717, 1.165) is 37.5 Å². The van der Waals surface area contributed by atoms with Crippen molar-refractivity contribution in [2.75, 3.05) is 25.1 Å². The number of benzene rings is 1. The normalized spacial score (nSPS) is 18.6. The van der Waals surface area contributed by atoms with Crippen LogP contribution in [0.4, 0.5) is 5.69 Å². The highest BCUT2D eigenvalue weighted by Gasteiger charge is 2.22. The van der Waals surface area contributed by atoms with E-state index in [1.54, 1.807) is 0 Å². The minimum absolute atomic E-state index is 0.305. The van der Waals surface area contributed by atoms with Crippen LogP contribution in [0, 0.1) is 0 Å². The van der Waals surface area contributed by atoms with Gasteiger partial charge in [0.05, 0.1) is 6.61 Å². The van der Waals surface area contributed by atoms with Crippen LogP contribution in [-0.4, -0.2) is 29.9 Å². The maximum absolute atomic E-state index is 5.33. The highest BCUT2D eigenvalue weighted by molar-refractivity contribution is 5.42. The lowest BCUT2D eigenvalue weighted by atomic mass is 10.1. The third kappa shape index (κ3) is 3.12. The smallest absolute Gasteiger partial charge is 0.228 e. The molecule has 1 N–H and O–H groups in total. The number of nitrogens with zero attached hydrogens (tertiary/aromatic N) is 2. The molecule has 5 nitrogen and oxygen atoms in total. The van der Waals surface area contributed by atoms with Crippen LogP contribution >= 0.6 is 0 Å². The zero-order valence-corrected chi connectivity index (χ0v) is 10.7. The van der Waals surface area contributed by atoms with Crippen molar-refractivity contribution in [3.05, 3.63) is 42.0 Å². The van der Waals surface area contributed by atoms with Gasteiger partial charge in [0.15, 0.2) is 5.82 Å². The van der Waals surface area contributed by atoms with Crippen molar-refractivity contribution in [3.63, 3.8) is 0 Å². The van der Waals surface area contributed by atoms with Crippen LogP contribution in [0.5, 0.6) is 0 Å². The van der Waals surface area contributed by atoms with Gasteiger partial charge < -0.3 is 14.6 Å². The second-order valence-corrected chi connectivity index (χ2v) is 4.65. The average Bonchev–Trinajstić information content (AvgIpc) is 3.10. The van der Waals surface area contributed by atoms with Gasteiger partial charge in [-0.3, -0.25) is 0 Å². The summed E-state index contributed by atoms with van der Waals surface area (Å²) in [4.78, 5) is 4.43. The summed E-state index contributed by atoms with van der Waals surface area (Å²) in [6.45, 7) is 2.29. The fourth-order valence-electron chi connectivity index (χ4n) is 2.14. The Kier molecular flexibility index (Phi) is 3.74. The van der Waals surface area contributed by atoms with E-state index < -0.39 is 0 Å². The molecule has 1 aromatic carbocycles. The predicted molar refractivity (Wildman–Crippen MR) is 71.1 cm³/mol. The molecule has 1 aliphatic rings. The molecule has 0 amide bonds. The number of hydrogen-bond donors (Lipinski definition) is 1. The van der Waals surface area contributed by atoms with Crippen molar-refractivity contribution in [1.82, 2.24) is 10.1 Å². The van der Waals surface area contributed by atoms with Crippen molar-refractivity contribution in [2.24, 2.45) is 0 Å². The molecule has 100 valence electrons. The van der Waals surface area contributed by atoms with Crippen molar-refractivity contribution in [2.45, 2.75) is 18.8 Å². The van der Waals surface area contributed by atoms with E-state index >= 15 is 0 Å². The van der Waals surface area contributed by atoms with Gasteiger partial charge in [-0.15, -0.1) is 0 Å². The predicted octanol–water partition coefficient (Wildman–Crippen LogP) is 2.23. The molecule has 3 rings (SSSR count). The van der Waals surface area contributed by atoms with Crippen LogP contribution in [0.25, 0.3) is 0 Å². The zero-order chi connectivity index (χ0) is 12.9. The molecule has 0 spiro atoms. The fraction of sp³-hybridized carbons (Fsp3) is 0.429. The SMILES string of the molecule is c1ccc(NCCc2nc(C3CCOC3)no2)cc1. The molecule has 0 aliphatic carbocycles. The molecule has 1 aromatic heterocycles. The van der Waals surface area contributed by atoms with Gasteiger partial charge in [-0.25, -0.2) is 0 Å². The summed E-state index contributed by atoms with van der Waals surface area (Å²) in [5.74, 6) is 1.78. The van der Waals surface area contributed by atoms with Crippen LogP contribution in [0.3, 0.4) is 0 Å². The molecule has 1 fully saturated rings. The highest BCUT2D eigenvalue weighted by Crippen LogP contribution is 2.22. The first-order chi connectivity index (χ1) is 9.42. The highest BCUT2D eigenvalue weighted by atomic mass is 16.5. The summed E-state index contributed by atoms with van der Waals surface area (Å²) >= 11 is 0. The molecule has 0 saturated carbocycles. The lowest BCUT2D eigenvalue weighted by Crippen LogP contribution is -2.05. The van der Waals surface area contributed by atoms with E-state index in [1.165, 1.54) is 0 Å². The lowest BCUT2D eigenvalue weighted by molar-refractivity contribution is 0.192. The van der Waals surface area contributed by atoms with Gasteiger partial charge in [-0.1, -0.05) is 23.4 Å². The Bertz CT molecular complexity index is 506. The second kappa shape index (κ2) is 5.84. The average molecular weight is 259 g/mol. The summed E-state index contributed by atoms with van der Waals surface area (Å²) in [5, 5.41) is 7.35. The Hall–Kier alpha value is -1.88. The molecular weight excluding hydrogens is 242 g/mol. The lowest BCUT2D eigenvalue weighted by Gasteiger charge is -2.03. The number of aromatic nitrogens is 2. The summed E-state index contributed by atoms with van der Waals surface area (Å²) in [6.07, 6.45) is 1.72. The first-order valence-electron chi connectivity index (χ1n) is 6.61. The van der Waals surface area contributed by atoms with Crippen molar-refractivity contribution in [1.29, 1.82) is 0 Å². The number of para-hydroxylation sites is 1. The maximum atomic E-state index is 5.33. The number of nitrogens with one attached hydrogen (secondary N) is 1. The molecule has 5 heteroatoms. The van der Waals surface area contributed by atoms with Gasteiger partial charge in [-0.2, -0.15) is 4.98 Å². The number of hydrogen-bond acceptors (Lipinski definition) is 5. The molecule has 0 radical (unpaired) electrons. The number of ether oxygens (including phenoxy) is 1. The first-order valence-corrected chi connectivity index (χ1v) is 6.61. The van der Waals surface area contributed by atoms with Gasteiger partial charge in [0.2, 0.25) is 5.89 Å². The van der Waals surface area contributed by atoms with Crippen LogP contribution in [0.2, 0.25) is 0 Å². The van der Waals surface area contributed by atoms with Gasteiger partial charge in [0.1, 0.15) is 0 Å². The van der Waals surface area contributed by atoms with Gasteiger partial charge >= 0.3 is 0 Å². The number of anilines is 1. The summed E-state index contributed by atoms with van der Waals surface area (Å²) in [7, 11) is 0. The Labute approximate surface area is 112 Å². The first kappa shape index (κ1) is 12.2. The van der Waals surface area contributed by atoms with Crippen molar-refractivity contribution >= 4 is 5.69 Å². The third-order valence-electron chi connectivity index (χ3n) is 3.22. The van der Waals surface area contributed by atoms with E-state index in [1.807, 2.05) is 30.3 Å². The number of rotatable bonds is 5. The molecule has 1 unspecified atom stereocenters. The fourth-order valence-corrected chi connectivity index (χ4v) is 2.14. The quantitative estimate of drug-likeness (QED) is 0.892. The van der Waals surface area contributed by atoms with Crippen LogP contribution in [-0.2, 0) is 11.2 Å². The molecular formula is C14H17N3O2. The summed E-state index contributed by atoms with van der Waals surface area (Å²) < 4.78 is 10.6. The standard InChI is InChI=1S/C14H17N3O2/c1-2-4-12(5-3-1)15-8-6-13-16-14(17-19-13)11-7-9-18-10-11/h1-5,11,15H,6-10H2. The molecule has 1 saturated heterocycles. The monoisotopic (exact) mass is 259 g/mol. The van der Waals surface area contributed by atoms with Crippen LogP contribution in [0.15, 0.2) is 34.9 Å². The van der Waals surface area contributed by atoms with E-state index in [4.69, 9.17) is 9.26 Å². The summed E-state index contributed by atoms with van der Waals surface area (Å²) in [6, 6.07) is 10.1. The van der Waals surface area contributed by atoms with Gasteiger partial charge in [-0.05, 0) is 18.6 Å².